The first-order valence-corrected chi connectivity index (χ1v) is 9.66. The first-order chi connectivity index (χ1) is 13.0. The van der Waals surface area contributed by atoms with Crippen molar-refractivity contribution >= 4 is 11.9 Å². The predicted molar refractivity (Wildman–Crippen MR) is 104 cm³/mol. The van der Waals surface area contributed by atoms with Crippen LogP contribution in [0.3, 0.4) is 0 Å². The number of nitrogens with zero attached hydrogens (tertiary/aromatic N) is 1. The van der Waals surface area contributed by atoms with Crippen LogP contribution in [0.25, 0.3) is 0 Å². The second-order valence-electron chi connectivity index (χ2n) is 7.88. The standard InChI is InChI=1S/C23H25NO3/c1-16-7-5-6-10-18(16)19-15-20(19)21(25)24-13-11-23(12-14-24,22(26)27)17-8-3-2-4-9-17/h2-10,19-20H,11-15H2,1H3,(H,26,27)/t19-,20+/m0/s1. The number of hydrogen-bond acceptors (Lipinski definition) is 2. The van der Waals surface area contributed by atoms with Crippen LogP contribution in [-0.4, -0.2) is 35.0 Å². The van der Waals surface area contributed by atoms with Gasteiger partial charge in [-0.3, -0.25) is 9.59 Å². The number of carboxylic acid groups (broad SMARTS) is 1. The Kier molecular flexibility index (Phi) is 4.50. The molecular formula is C23H25NO3. The van der Waals surface area contributed by atoms with Crippen LogP contribution < -0.4 is 0 Å². The van der Waals surface area contributed by atoms with Gasteiger partial charge in [0.15, 0.2) is 0 Å². The van der Waals surface area contributed by atoms with Gasteiger partial charge in [0.05, 0.1) is 5.41 Å². The van der Waals surface area contributed by atoms with Gasteiger partial charge >= 0.3 is 5.97 Å². The highest BCUT2D eigenvalue weighted by Crippen LogP contribution is 2.50. The van der Waals surface area contributed by atoms with Gasteiger partial charge in [-0.1, -0.05) is 54.6 Å². The van der Waals surface area contributed by atoms with Crippen molar-refractivity contribution in [3.8, 4) is 0 Å². The molecule has 1 saturated carbocycles. The molecule has 0 radical (unpaired) electrons. The predicted octanol–water partition coefficient (Wildman–Crippen LogP) is 3.74. The van der Waals surface area contributed by atoms with Gasteiger partial charge in [-0.25, -0.2) is 0 Å². The van der Waals surface area contributed by atoms with Gasteiger partial charge in [-0.2, -0.15) is 0 Å². The maximum Gasteiger partial charge on any atom is 0.314 e. The normalized spacial score (nSPS) is 23.7. The quantitative estimate of drug-likeness (QED) is 0.900. The van der Waals surface area contributed by atoms with Crippen molar-refractivity contribution in [1.82, 2.24) is 4.90 Å². The summed E-state index contributed by atoms with van der Waals surface area (Å²) < 4.78 is 0. The summed E-state index contributed by atoms with van der Waals surface area (Å²) in [6, 6.07) is 17.7. The van der Waals surface area contributed by atoms with Crippen LogP contribution in [0.15, 0.2) is 54.6 Å². The number of aryl methyl sites for hydroxylation is 1. The number of rotatable bonds is 4. The van der Waals surface area contributed by atoms with E-state index in [1.54, 1.807) is 0 Å². The van der Waals surface area contributed by atoms with Crippen LogP contribution in [0.1, 0.15) is 41.9 Å². The SMILES string of the molecule is Cc1ccccc1[C@@H]1C[C@H]1C(=O)N1CCC(C(=O)O)(c2ccccc2)CC1. The largest absolute Gasteiger partial charge is 0.481 e. The summed E-state index contributed by atoms with van der Waals surface area (Å²) in [5.74, 6) is -0.223. The minimum Gasteiger partial charge on any atom is -0.481 e. The van der Waals surface area contributed by atoms with Gasteiger partial charge in [-0.05, 0) is 48.8 Å². The number of likely N-dealkylation sites (tertiary alicyclic amines) is 1. The molecule has 2 fully saturated rings. The second kappa shape index (κ2) is 6.84. The fourth-order valence-electron chi connectivity index (χ4n) is 4.54. The molecule has 0 aromatic heterocycles. The number of piperidine rings is 1. The monoisotopic (exact) mass is 363 g/mol. The van der Waals surface area contributed by atoms with Gasteiger partial charge in [0, 0.05) is 19.0 Å². The van der Waals surface area contributed by atoms with Crippen LogP contribution in [-0.2, 0) is 15.0 Å². The first kappa shape index (κ1) is 17.8. The highest BCUT2D eigenvalue weighted by atomic mass is 16.4. The van der Waals surface area contributed by atoms with E-state index in [1.807, 2.05) is 47.4 Å². The lowest BCUT2D eigenvalue weighted by atomic mass is 9.73. The minimum absolute atomic E-state index is 0.0557. The lowest BCUT2D eigenvalue weighted by Crippen LogP contribution is -2.49. The maximum absolute atomic E-state index is 13.0. The number of carboxylic acids is 1. The summed E-state index contributed by atoms with van der Waals surface area (Å²) >= 11 is 0. The Labute approximate surface area is 159 Å². The van der Waals surface area contributed by atoms with E-state index in [-0.39, 0.29) is 11.8 Å². The van der Waals surface area contributed by atoms with Crippen LogP contribution in [0.5, 0.6) is 0 Å². The molecule has 2 aromatic rings. The van der Waals surface area contributed by atoms with E-state index in [9.17, 15) is 14.7 Å². The minimum atomic E-state index is -0.878. The Bertz CT molecular complexity index is 853. The van der Waals surface area contributed by atoms with E-state index in [0.29, 0.717) is 31.8 Å². The summed E-state index contributed by atoms with van der Waals surface area (Å²) in [4.78, 5) is 26.9. The molecule has 1 N–H and O–H groups in total. The van der Waals surface area contributed by atoms with Gasteiger partial charge in [-0.15, -0.1) is 0 Å². The molecule has 1 aliphatic heterocycles. The fraction of sp³-hybridized carbons (Fsp3) is 0.391. The highest BCUT2D eigenvalue weighted by Gasteiger charge is 2.49. The molecule has 0 unspecified atom stereocenters. The summed E-state index contributed by atoms with van der Waals surface area (Å²) in [7, 11) is 0. The lowest BCUT2D eigenvalue weighted by Gasteiger charge is -2.39. The Morgan fingerprint density at radius 1 is 1.00 bits per heavy atom. The molecule has 1 amide bonds. The molecule has 140 valence electrons. The van der Waals surface area contributed by atoms with Crippen LogP contribution in [0, 0.1) is 12.8 Å². The highest BCUT2D eigenvalue weighted by molar-refractivity contribution is 5.85. The molecule has 4 rings (SSSR count). The topological polar surface area (TPSA) is 57.6 Å². The van der Waals surface area contributed by atoms with Crippen molar-refractivity contribution in [3.63, 3.8) is 0 Å². The molecule has 2 aliphatic rings. The van der Waals surface area contributed by atoms with Gasteiger partial charge in [0.25, 0.3) is 0 Å². The Morgan fingerprint density at radius 3 is 2.26 bits per heavy atom. The van der Waals surface area contributed by atoms with Crippen LogP contribution in [0.4, 0.5) is 0 Å². The zero-order chi connectivity index (χ0) is 19.0. The van der Waals surface area contributed by atoms with Crippen molar-refractivity contribution in [2.45, 2.75) is 37.5 Å². The fourth-order valence-corrected chi connectivity index (χ4v) is 4.54. The number of benzene rings is 2. The maximum atomic E-state index is 13.0. The van der Waals surface area contributed by atoms with Crippen LogP contribution >= 0.6 is 0 Å². The van der Waals surface area contributed by atoms with E-state index in [1.165, 1.54) is 11.1 Å². The molecule has 2 aromatic carbocycles. The number of carbonyl (C=O) groups is 2. The number of hydrogen-bond donors (Lipinski definition) is 1. The first-order valence-electron chi connectivity index (χ1n) is 9.66. The van der Waals surface area contributed by atoms with E-state index in [4.69, 9.17) is 0 Å². The van der Waals surface area contributed by atoms with Crippen molar-refractivity contribution in [2.24, 2.45) is 5.92 Å². The Morgan fingerprint density at radius 2 is 1.63 bits per heavy atom. The number of carbonyl (C=O) groups excluding carboxylic acids is 1. The molecule has 4 heteroatoms. The smallest absolute Gasteiger partial charge is 0.314 e. The van der Waals surface area contributed by atoms with Crippen molar-refractivity contribution < 1.29 is 14.7 Å². The third kappa shape index (κ3) is 3.14. The molecule has 1 heterocycles. The third-order valence-corrected chi connectivity index (χ3v) is 6.36. The van der Waals surface area contributed by atoms with Gasteiger partial charge < -0.3 is 10.0 Å². The zero-order valence-electron chi connectivity index (χ0n) is 15.6. The molecule has 1 aliphatic carbocycles. The Hall–Kier alpha value is -2.62. The van der Waals surface area contributed by atoms with Crippen molar-refractivity contribution in [1.29, 1.82) is 0 Å². The summed E-state index contributed by atoms with van der Waals surface area (Å²) in [5.41, 5.74) is 2.48. The molecular weight excluding hydrogens is 338 g/mol. The molecule has 1 saturated heterocycles. The summed E-state index contributed by atoms with van der Waals surface area (Å²) in [6.07, 6.45) is 1.85. The molecule has 27 heavy (non-hydrogen) atoms. The number of amides is 1. The van der Waals surface area contributed by atoms with Crippen molar-refractivity contribution in [2.75, 3.05) is 13.1 Å². The second-order valence-corrected chi connectivity index (χ2v) is 7.88. The molecule has 0 bridgehead atoms. The summed E-state index contributed by atoms with van der Waals surface area (Å²) in [6.45, 7) is 3.12. The number of aliphatic carboxylic acids is 1. The molecule has 2 atom stereocenters. The third-order valence-electron chi connectivity index (χ3n) is 6.36. The van der Waals surface area contributed by atoms with Crippen molar-refractivity contribution in [3.05, 3.63) is 71.3 Å². The molecule has 4 nitrogen and oxygen atoms in total. The van der Waals surface area contributed by atoms with E-state index in [0.717, 1.165) is 12.0 Å². The lowest BCUT2D eigenvalue weighted by molar-refractivity contribution is -0.148. The Balaban J connectivity index is 1.44. The van der Waals surface area contributed by atoms with E-state index in [2.05, 4.69) is 19.1 Å². The van der Waals surface area contributed by atoms with Gasteiger partial charge in [0.1, 0.15) is 0 Å². The zero-order valence-corrected chi connectivity index (χ0v) is 15.6. The average molecular weight is 363 g/mol. The van der Waals surface area contributed by atoms with Crippen LogP contribution in [0.2, 0.25) is 0 Å². The summed E-state index contributed by atoms with van der Waals surface area (Å²) in [5, 5.41) is 9.91. The molecule has 0 spiro atoms. The van der Waals surface area contributed by atoms with E-state index < -0.39 is 11.4 Å². The average Bonchev–Trinajstić information content (AvgIpc) is 3.49. The van der Waals surface area contributed by atoms with Gasteiger partial charge in [0.2, 0.25) is 5.91 Å². The van der Waals surface area contributed by atoms with E-state index >= 15 is 0 Å².